The largest absolute Gasteiger partial charge is 0.493 e. The highest BCUT2D eigenvalue weighted by molar-refractivity contribution is 7.92. The Morgan fingerprint density at radius 1 is 1.10 bits per heavy atom. The third-order valence-electron chi connectivity index (χ3n) is 3.82. The van der Waals surface area contributed by atoms with Gasteiger partial charge in [-0.2, -0.15) is 0 Å². The molecule has 0 spiro atoms. The number of hydrogen-bond donors (Lipinski definition) is 2. The summed E-state index contributed by atoms with van der Waals surface area (Å²) in [5, 5.41) is 8.81. The van der Waals surface area contributed by atoms with Gasteiger partial charge in [-0.3, -0.25) is 4.72 Å². The zero-order chi connectivity index (χ0) is 22.3. The Hall–Kier alpha value is -3.53. The number of benzene rings is 2. The summed E-state index contributed by atoms with van der Waals surface area (Å²) in [6.45, 7) is 1.91. The van der Waals surface area contributed by atoms with E-state index in [9.17, 15) is 18.0 Å². The van der Waals surface area contributed by atoms with Gasteiger partial charge in [0.2, 0.25) is 0 Å². The summed E-state index contributed by atoms with van der Waals surface area (Å²) in [6.07, 6.45) is 2.11. The summed E-state index contributed by atoms with van der Waals surface area (Å²) in [6, 6.07) is 8.41. The van der Waals surface area contributed by atoms with Crippen molar-refractivity contribution in [2.45, 2.75) is 11.8 Å². The normalized spacial score (nSPS) is 11.2. The van der Waals surface area contributed by atoms with Crippen LogP contribution >= 0.6 is 0 Å². The number of ether oxygens (including phenoxy) is 3. The van der Waals surface area contributed by atoms with E-state index in [-0.39, 0.29) is 39.8 Å². The first-order valence-electron chi connectivity index (χ1n) is 8.68. The molecule has 0 aromatic heterocycles. The van der Waals surface area contributed by atoms with Gasteiger partial charge in [0, 0.05) is 11.8 Å². The Morgan fingerprint density at radius 3 is 2.30 bits per heavy atom. The molecule has 0 saturated carbocycles. The van der Waals surface area contributed by atoms with Crippen molar-refractivity contribution >= 4 is 33.7 Å². The summed E-state index contributed by atoms with van der Waals surface area (Å²) in [7, 11) is -1.52. The Balaban J connectivity index is 2.43. The maximum Gasteiger partial charge on any atom is 0.338 e. The molecule has 2 aromatic carbocycles. The van der Waals surface area contributed by atoms with Crippen molar-refractivity contribution in [3.8, 4) is 11.5 Å². The van der Waals surface area contributed by atoms with Gasteiger partial charge in [-0.15, -0.1) is 0 Å². The number of anilines is 1. The number of sulfonamides is 1. The molecular weight excluding hydrogens is 414 g/mol. The lowest BCUT2D eigenvalue weighted by Crippen LogP contribution is -2.15. The molecule has 0 saturated heterocycles. The van der Waals surface area contributed by atoms with Crippen molar-refractivity contribution in [2.75, 3.05) is 25.5 Å². The Labute approximate surface area is 173 Å². The molecule has 0 aliphatic rings. The van der Waals surface area contributed by atoms with E-state index in [1.54, 1.807) is 6.92 Å². The van der Waals surface area contributed by atoms with E-state index in [0.717, 1.165) is 6.08 Å². The van der Waals surface area contributed by atoms with Crippen LogP contribution in [0.3, 0.4) is 0 Å². The second kappa shape index (κ2) is 9.79. The lowest BCUT2D eigenvalue weighted by molar-refractivity contribution is -0.131. The zero-order valence-corrected chi connectivity index (χ0v) is 17.4. The number of aliphatic carboxylic acids is 1. The molecule has 0 heterocycles. The molecule has 10 heteroatoms. The Bertz CT molecular complexity index is 1060. The van der Waals surface area contributed by atoms with Crippen molar-refractivity contribution in [3.05, 3.63) is 53.6 Å². The van der Waals surface area contributed by atoms with Crippen molar-refractivity contribution in [1.82, 2.24) is 0 Å². The van der Waals surface area contributed by atoms with E-state index in [4.69, 9.17) is 19.3 Å². The van der Waals surface area contributed by atoms with Crippen molar-refractivity contribution in [2.24, 2.45) is 0 Å². The van der Waals surface area contributed by atoms with Gasteiger partial charge in [0.25, 0.3) is 10.0 Å². The molecule has 30 heavy (non-hydrogen) atoms. The van der Waals surface area contributed by atoms with Gasteiger partial charge in [-0.05, 0) is 55.0 Å². The molecule has 2 aromatic rings. The molecular formula is C20H21NO8S. The van der Waals surface area contributed by atoms with Crippen LogP contribution in [0.15, 0.2) is 47.4 Å². The number of methoxy groups -OCH3 is 2. The third kappa shape index (κ3) is 5.51. The van der Waals surface area contributed by atoms with Crippen LogP contribution in [0, 0.1) is 0 Å². The van der Waals surface area contributed by atoms with Gasteiger partial charge in [-0.1, -0.05) is 0 Å². The monoisotopic (exact) mass is 435 g/mol. The fraction of sp³-hybridized carbons (Fsp3) is 0.200. The van der Waals surface area contributed by atoms with E-state index in [0.29, 0.717) is 0 Å². The van der Waals surface area contributed by atoms with E-state index < -0.39 is 22.0 Å². The Kier molecular flexibility index (Phi) is 7.43. The average Bonchev–Trinajstić information content (AvgIpc) is 2.71. The molecule has 0 atom stereocenters. The highest BCUT2D eigenvalue weighted by Crippen LogP contribution is 2.37. The fourth-order valence-corrected chi connectivity index (χ4v) is 3.79. The van der Waals surface area contributed by atoms with E-state index in [2.05, 4.69) is 4.72 Å². The molecule has 9 nitrogen and oxygen atoms in total. The lowest BCUT2D eigenvalue weighted by atomic mass is 10.2. The maximum atomic E-state index is 13.0. The predicted molar refractivity (Wildman–Crippen MR) is 109 cm³/mol. The van der Waals surface area contributed by atoms with Crippen LogP contribution in [-0.4, -0.2) is 46.3 Å². The van der Waals surface area contributed by atoms with E-state index in [1.165, 1.54) is 56.7 Å². The quantitative estimate of drug-likeness (QED) is 0.455. The topological polar surface area (TPSA) is 128 Å². The molecule has 160 valence electrons. The molecule has 0 aliphatic heterocycles. The van der Waals surface area contributed by atoms with Crippen LogP contribution in [-0.2, 0) is 19.6 Å². The fourth-order valence-electron chi connectivity index (χ4n) is 2.51. The highest BCUT2D eigenvalue weighted by atomic mass is 32.2. The molecule has 0 amide bonds. The number of hydrogen-bond acceptors (Lipinski definition) is 7. The molecule has 0 bridgehead atoms. The number of esters is 1. The number of nitrogens with one attached hydrogen (secondary N) is 1. The summed E-state index contributed by atoms with van der Waals surface area (Å²) in [5.74, 6) is -1.63. The predicted octanol–water partition coefficient (Wildman–Crippen LogP) is 2.78. The SMILES string of the molecule is CCOC(=O)c1ccc(NS(=O)(=O)c2cc(/C=C/C(=O)O)cc(OC)c2OC)cc1. The number of carboxylic acids is 1. The van der Waals surface area contributed by atoms with E-state index in [1.807, 2.05) is 0 Å². The van der Waals surface area contributed by atoms with Crippen LogP contribution in [0.25, 0.3) is 6.08 Å². The third-order valence-corrected chi connectivity index (χ3v) is 5.21. The van der Waals surface area contributed by atoms with Gasteiger partial charge in [0.05, 0.1) is 26.4 Å². The van der Waals surface area contributed by atoms with Gasteiger partial charge >= 0.3 is 11.9 Å². The second-order valence-electron chi connectivity index (χ2n) is 5.83. The number of carbonyl (C=O) groups is 2. The number of carboxylic acid groups (broad SMARTS) is 1. The van der Waals surface area contributed by atoms with Crippen molar-refractivity contribution in [1.29, 1.82) is 0 Å². The van der Waals surface area contributed by atoms with Crippen LogP contribution in [0.2, 0.25) is 0 Å². The first kappa shape index (κ1) is 22.8. The first-order chi connectivity index (χ1) is 14.2. The molecule has 0 radical (unpaired) electrons. The van der Waals surface area contributed by atoms with Crippen molar-refractivity contribution in [3.63, 3.8) is 0 Å². The highest BCUT2D eigenvalue weighted by Gasteiger charge is 2.24. The molecule has 2 rings (SSSR count). The van der Waals surface area contributed by atoms with Crippen LogP contribution in [0.1, 0.15) is 22.8 Å². The summed E-state index contributed by atoms with van der Waals surface area (Å²) in [5.41, 5.74) is 0.767. The number of rotatable bonds is 9. The first-order valence-corrected chi connectivity index (χ1v) is 10.2. The Morgan fingerprint density at radius 2 is 1.77 bits per heavy atom. The minimum atomic E-state index is -4.15. The summed E-state index contributed by atoms with van der Waals surface area (Å²) in [4.78, 5) is 22.3. The second-order valence-corrected chi connectivity index (χ2v) is 7.48. The minimum Gasteiger partial charge on any atom is -0.493 e. The van der Waals surface area contributed by atoms with Gasteiger partial charge in [0.15, 0.2) is 11.5 Å². The van der Waals surface area contributed by atoms with E-state index >= 15 is 0 Å². The summed E-state index contributed by atoms with van der Waals surface area (Å²) >= 11 is 0. The number of carbonyl (C=O) groups excluding carboxylic acids is 1. The standard InChI is InChI=1S/C20H21NO8S/c1-4-29-20(24)14-6-8-15(9-7-14)21-30(25,26)17-12-13(5-10-18(22)23)11-16(27-2)19(17)28-3/h5-12,21H,4H2,1-3H3,(H,22,23)/b10-5+. The van der Waals surface area contributed by atoms with Gasteiger partial charge < -0.3 is 19.3 Å². The average molecular weight is 435 g/mol. The molecule has 2 N–H and O–H groups in total. The maximum absolute atomic E-state index is 13.0. The minimum absolute atomic E-state index is 0.0411. The smallest absolute Gasteiger partial charge is 0.338 e. The molecule has 0 aliphatic carbocycles. The van der Waals surface area contributed by atoms with Crippen LogP contribution in [0.4, 0.5) is 5.69 Å². The van der Waals surface area contributed by atoms with Gasteiger partial charge in [-0.25, -0.2) is 18.0 Å². The lowest BCUT2D eigenvalue weighted by Gasteiger charge is -2.15. The van der Waals surface area contributed by atoms with Crippen LogP contribution < -0.4 is 14.2 Å². The zero-order valence-electron chi connectivity index (χ0n) is 16.5. The molecule has 0 fully saturated rings. The van der Waals surface area contributed by atoms with Crippen LogP contribution in [0.5, 0.6) is 11.5 Å². The van der Waals surface area contributed by atoms with Crippen molar-refractivity contribution < 1.29 is 37.3 Å². The molecule has 0 unspecified atom stereocenters. The van der Waals surface area contributed by atoms with Gasteiger partial charge in [0.1, 0.15) is 4.90 Å². The summed E-state index contributed by atoms with van der Waals surface area (Å²) < 4.78 is 43.6.